The summed E-state index contributed by atoms with van der Waals surface area (Å²) in [5.74, 6) is 0. The summed E-state index contributed by atoms with van der Waals surface area (Å²) < 4.78 is 1.05. The smallest absolute Gasteiger partial charge is 0.0661 e. The molecule has 0 aliphatic heterocycles. The lowest BCUT2D eigenvalue weighted by Gasteiger charge is -2.32. The van der Waals surface area contributed by atoms with Crippen LogP contribution in [0, 0.1) is 0 Å². The highest BCUT2D eigenvalue weighted by atomic mass is 79.9. The third-order valence-electron chi connectivity index (χ3n) is 2.89. The first-order chi connectivity index (χ1) is 7.15. The normalized spacial score (nSPS) is 11.5. The number of aliphatic hydroxyl groups is 1. The lowest BCUT2D eigenvalue weighted by Crippen LogP contribution is -2.40. The van der Waals surface area contributed by atoms with Gasteiger partial charge in [0.2, 0.25) is 0 Å². The third kappa shape index (κ3) is 3.21. The zero-order chi connectivity index (χ0) is 11.3. The van der Waals surface area contributed by atoms with Crippen molar-refractivity contribution in [2.45, 2.75) is 32.2 Å². The Morgan fingerprint density at radius 1 is 1.33 bits per heavy atom. The first-order valence-electron chi connectivity index (χ1n) is 5.30. The van der Waals surface area contributed by atoms with Crippen molar-refractivity contribution in [3.05, 3.63) is 28.7 Å². The number of nitrogens with one attached hydrogen (secondary N) is 1. The molecule has 15 heavy (non-hydrogen) atoms. The van der Waals surface area contributed by atoms with Gasteiger partial charge in [-0.05, 0) is 31.0 Å². The lowest BCUT2D eigenvalue weighted by atomic mass is 9.93. The van der Waals surface area contributed by atoms with Crippen molar-refractivity contribution in [2.75, 3.05) is 11.9 Å². The number of hydrogen-bond acceptors (Lipinski definition) is 2. The third-order valence-corrected chi connectivity index (χ3v) is 3.38. The summed E-state index contributed by atoms with van der Waals surface area (Å²) in [7, 11) is 0. The van der Waals surface area contributed by atoms with Gasteiger partial charge in [-0.15, -0.1) is 0 Å². The molecule has 2 nitrogen and oxygen atoms in total. The van der Waals surface area contributed by atoms with Gasteiger partial charge in [0, 0.05) is 10.2 Å². The second-order valence-corrected chi connectivity index (χ2v) is 4.70. The van der Waals surface area contributed by atoms with E-state index in [1.807, 2.05) is 24.3 Å². The molecule has 0 unspecified atom stereocenters. The van der Waals surface area contributed by atoms with Gasteiger partial charge in [0.1, 0.15) is 0 Å². The Kier molecular flexibility index (Phi) is 4.61. The van der Waals surface area contributed by atoms with E-state index in [-0.39, 0.29) is 12.1 Å². The van der Waals surface area contributed by atoms with Gasteiger partial charge in [0.05, 0.1) is 12.1 Å². The molecule has 0 bridgehead atoms. The largest absolute Gasteiger partial charge is 0.394 e. The van der Waals surface area contributed by atoms with Crippen molar-refractivity contribution >= 4 is 21.6 Å². The van der Waals surface area contributed by atoms with Gasteiger partial charge in [0.25, 0.3) is 0 Å². The fourth-order valence-electron chi connectivity index (χ4n) is 1.56. The molecular formula is C12H18BrNO. The van der Waals surface area contributed by atoms with Crippen LogP contribution in [0.1, 0.15) is 26.7 Å². The Balaban J connectivity index is 2.82. The number of aliphatic hydroxyl groups excluding tert-OH is 1. The van der Waals surface area contributed by atoms with Crippen LogP contribution in [-0.2, 0) is 0 Å². The molecule has 0 atom stereocenters. The SMILES string of the molecule is CCC(CC)(CO)Nc1cccc(Br)c1. The fourth-order valence-corrected chi connectivity index (χ4v) is 1.96. The van der Waals surface area contributed by atoms with Crippen molar-refractivity contribution in [1.29, 1.82) is 0 Å². The fraction of sp³-hybridized carbons (Fsp3) is 0.500. The molecule has 1 aromatic rings. The van der Waals surface area contributed by atoms with Crippen LogP contribution in [0.3, 0.4) is 0 Å². The van der Waals surface area contributed by atoms with E-state index < -0.39 is 0 Å². The Morgan fingerprint density at radius 2 is 2.00 bits per heavy atom. The molecule has 1 aromatic carbocycles. The summed E-state index contributed by atoms with van der Waals surface area (Å²) in [6.07, 6.45) is 1.82. The highest BCUT2D eigenvalue weighted by molar-refractivity contribution is 9.10. The molecule has 2 N–H and O–H groups in total. The molecule has 0 spiro atoms. The van der Waals surface area contributed by atoms with E-state index in [0.29, 0.717) is 0 Å². The Hall–Kier alpha value is -0.540. The highest BCUT2D eigenvalue weighted by Crippen LogP contribution is 2.23. The summed E-state index contributed by atoms with van der Waals surface area (Å²) in [6, 6.07) is 8.01. The van der Waals surface area contributed by atoms with E-state index >= 15 is 0 Å². The van der Waals surface area contributed by atoms with E-state index in [0.717, 1.165) is 23.0 Å². The van der Waals surface area contributed by atoms with Crippen LogP contribution >= 0.6 is 15.9 Å². The van der Waals surface area contributed by atoms with Crippen molar-refractivity contribution in [2.24, 2.45) is 0 Å². The topological polar surface area (TPSA) is 32.3 Å². The molecule has 1 rings (SSSR count). The highest BCUT2D eigenvalue weighted by Gasteiger charge is 2.24. The molecule has 0 aliphatic carbocycles. The molecule has 0 radical (unpaired) electrons. The lowest BCUT2D eigenvalue weighted by molar-refractivity contribution is 0.202. The van der Waals surface area contributed by atoms with Gasteiger partial charge < -0.3 is 10.4 Å². The van der Waals surface area contributed by atoms with Gasteiger partial charge in [-0.2, -0.15) is 0 Å². The summed E-state index contributed by atoms with van der Waals surface area (Å²) >= 11 is 3.43. The Bertz CT molecular complexity index is 302. The number of benzene rings is 1. The van der Waals surface area contributed by atoms with E-state index in [1.54, 1.807) is 0 Å². The first kappa shape index (κ1) is 12.5. The predicted molar refractivity (Wildman–Crippen MR) is 68.2 cm³/mol. The second-order valence-electron chi connectivity index (χ2n) is 3.78. The average molecular weight is 272 g/mol. The van der Waals surface area contributed by atoms with Gasteiger partial charge in [-0.1, -0.05) is 35.8 Å². The molecule has 0 aliphatic rings. The van der Waals surface area contributed by atoms with Crippen LogP contribution in [0.2, 0.25) is 0 Å². The maximum absolute atomic E-state index is 9.43. The average Bonchev–Trinajstić information content (AvgIpc) is 2.26. The first-order valence-corrected chi connectivity index (χ1v) is 6.09. The van der Waals surface area contributed by atoms with Crippen molar-refractivity contribution in [1.82, 2.24) is 0 Å². The maximum atomic E-state index is 9.43. The predicted octanol–water partition coefficient (Wildman–Crippen LogP) is 3.41. The number of halogens is 1. The molecule has 0 heterocycles. The van der Waals surface area contributed by atoms with E-state index in [2.05, 4.69) is 35.1 Å². The summed E-state index contributed by atoms with van der Waals surface area (Å²) in [6.45, 7) is 4.34. The Labute approximate surface area is 99.8 Å². The van der Waals surface area contributed by atoms with Crippen LogP contribution in [0.5, 0.6) is 0 Å². The second kappa shape index (κ2) is 5.52. The van der Waals surface area contributed by atoms with Crippen LogP contribution in [0.25, 0.3) is 0 Å². The minimum Gasteiger partial charge on any atom is -0.394 e. The number of hydrogen-bond donors (Lipinski definition) is 2. The van der Waals surface area contributed by atoms with Crippen molar-refractivity contribution < 1.29 is 5.11 Å². The van der Waals surface area contributed by atoms with Crippen molar-refractivity contribution in [3.8, 4) is 0 Å². The summed E-state index contributed by atoms with van der Waals surface area (Å²) in [5, 5.41) is 12.8. The van der Waals surface area contributed by atoms with E-state index in [1.165, 1.54) is 0 Å². The monoisotopic (exact) mass is 271 g/mol. The van der Waals surface area contributed by atoms with Crippen LogP contribution in [-0.4, -0.2) is 17.3 Å². The van der Waals surface area contributed by atoms with Gasteiger partial charge >= 0.3 is 0 Å². The van der Waals surface area contributed by atoms with Crippen LogP contribution < -0.4 is 5.32 Å². The Morgan fingerprint density at radius 3 is 2.47 bits per heavy atom. The quantitative estimate of drug-likeness (QED) is 0.860. The standard InChI is InChI=1S/C12H18BrNO/c1-3-12(4-2,9-15)14-11-7-5-6-10(13)8-11/h5-8,14-15H,3-4,9H2,1-2H3. The van der Waals surface area contributed by atoms with Crippen molar-refractivity contribution in [3.63, 3.8) is 0 Å². The molecule has 0 aromatic heterocycles. The minimum atomic E-state index is -0.194. The summed E-state index contributed by atoms with van der Waals surface area (Å²) in [5.41, 5.74) is 0.850. The zero-order valence-electron chi connectivity index (χ0n) is 9.26. The molecule has 0 saturated carbocycles. The zero-order valence-corrected chi connectivity index (χ0v) is 10.8. The van der Waals surface area contributed by atoms with E-state index in [4.69, 9.17) is 0 Å². The number of anilines is 1. The molecule has 84 valence electrons. The van der Waals surface area contributed by atoms with Crippen LogP contribution in [0.4, 0.5) is 5.69 Å². The molecule has 0 fully saturated rings. The molecule has 0 amide bonds. The van der Waals surface area contributed by atoms with Gasteiger partial charge in [-0.3, -0.25) is 0 Å². The minimum absolute atomic E-state index is 0.159. The molecular weight excluding hydrogens is 254 g/mol. The van der Waals surface area contributed by atoms with Gasteiger partial charge in [0.15, 0.2) is 0 Å². The molecule has 0 saturated heterocycles. The molecule has 3 heteroatoms. The number of rotatable bonds is 5. The van der Waals surface area contributed by atoms with Crippen LogP contribution in [0.15, 0.2) is 28.7 Å². The maximum Gasteiger partial charge on any atom is 0.0661 e. The van der Waals surface area contributed by atoms with E-state index in [9.17, 15) is 5.11 Å². The van der Waals surface area contributed by atoms with Gasteiger partial charge in [-0.25, -0.2) is 0 Å². The summed E-state index contributed by atoms with van der Waals surface area (Å²) in [4.78, 5) is 0.